The molecular formula is C18H23N3O4. The zero-order chi connectivity index (χ0) is 18.6. The lowest BCUT2D eigenvalue weighted by atomic mass is 9.83. The van der Waals surface area contributed by atoms with Crippen molar-refractivity contribution >= 4 is 17.7 Å². The van der Waals surface area contributed by atoms with Crippen molar-refractivity contribution in [3.63, 3.8) is 0 Å². The minimum Gasteiger partial charge on any atom is -0.497 e. The van der Waals surface area contributed by atoms with Crippen LogP contribution in [0.25, 0.3) is 0 Å². The van der Waals surface area contributed by atoms with E-state index in [9.17, 15) is 9.59 Å². The van der Waals surface area contributed by atoms with Crippen LogP contribution in [-0.4, -0.2) is 35.4 Å². The van der Waals surface area contributed by atoms with Gasteiger partial charge in [-0.1, -0.05) is 12.1 Å². The summed E-state index contributed by atoms with van der Waals surface area (Å²) in [5.74, 6) is 0.251. The second-order valence-corrected chi connectivity index (χ2v) is 6.06. The quantitative estimate of drug-likeness (QED) is 0.814. The fourth-order valence-corrected chi connectivity index (χ4v) is 2.35. The normalized spacial score (nSPS) is 11.1. The van der Waals surface area contributed by atoms with Crippen LogP contribution in [0, 0.1) is 0 Å². The number of nitrogens with one attached hydrogen (secondary N) is 1. The van der Waals surface area contributed by atoms with Gasteiger partial charge < -0.3 is 14.8 Å². The van der Waals surface area contributed by atoms with Crippen molar-refractivity contribution < 1.29 is 19.1 Å². The van der Waals surface area contributed by atoms with Crippen molar-refractivity contribution in [2.24, 2.45) is 7.05 Å². The SMILES string of the molecule is CCOC(=O)c1cnn(C)c1NC(=O)C(C)(C)c1ccc(OC)cc1. The van der Waals surface area contributed by atoms with Gasteiger partial charge in [-0.2, -0.15) is 5.10 Å². The summed E-state index contributed by atoms with van der Waals surface area (Å²) in [4.78, 5) is 24.8. The molecule has 134 valence electrons. The summed E-state index contributed by atoms with van der Waals surface area (Å²) < 4.78 is 11.6. The Morgan fingerprint density at radius 1 is 1.24 bits per heavy atom. The van der Waals surface area contributed by atoms with E-state index in [4.69, 9.17) is 9.47 Å². The molecule has 1 N–H and O–H groups in total. The van der Waals surface area contributed by atoms with Crippen LogP contribution in [0.5, 0.6) is 5.75 Å². The van der Waals surface area contributed by atoms with Gasteiger partial charge in [0.15, 0.2) is 0 Å². The molecule has 7 heteroatoms. The number of aromatic nitrogens is 2. The summed E-state index contributed by atoms with van der Waals surface area (Å²) in [7, 11) is 3.24. The fraction of sp³-hybridized carbons (Fsp3) is 0.389. The Bertz CT molecular complexity index is 763. The maximum Gasteiger partial charge on any atom is 0.343 e. The van der Waals surface area contributed by atoms with Gasteiger partial charge in [-0.25, -0.2) is 4.79 Å². The number of carbonyl (C=O) groups is 2. The van der Waals surface area contributed by atoms with Crippen LogP contribution < -0.4 is 10.1 Å². The number of anilines is 1. The zero-order valence-electron chi connectivity index (χ0n) is 15.1. The highest BCUT2D eigenvalue weighted by Crippen LogP contribution is 2.27. The number of benzene rings is 1. The van der Waals surface area contributed by atoms with E-state index in [0.29, 0.717) is 5.82 Å². The molecule has 1 heterocycles. The Hall–Kier alpha value is -2.83. The molecule has 1 amide bonds. The molecule has 7 nitrogen and oxygen atoms in total. The molecule has 0 radical (unpaired) electrons. The van der Waals surface area contributed by atoms with Gasteiger partial charge in [0.2, 0.25) is 5.91 Å². The first-order chi connectivity index (χ1) is 11.8. The highest BCUT2D eigenvalue weighted by Gasteiger charge is 2.32. The van der Waals surface area contributed by atoms with Gasteiger partial charge in [-0.15, -0.1) is 0 Å². The molecule has 0 atom stereocenters. The standard InChI is InChI=1S/C18H23N3O4/c1-6-25-16(22)14-11-19-21(4)15(14)20-17(23)18(2,3)12-7-9-13(24-5)10-8-12/h7-11H,6H2,1-5H3,(H,20,23). The first kappa shape index (κ1) is 18.5. The molecule has 1 aromatic carbocycles. The predicted molar refractivity (Wildman–Crippen MR) is 93.8 cm³/mol. The molecule has 0 saturated heterocycles. The van der Waals surface area contributed by atoms with Gasteiger partial charge >= 0.3 is 5.97 Å². The van der Waals surface area contributed by atoms with E-state index < -0.39 is 11.4 Å². The molecule has 0 saturated carbocycles. The van der Waals surface area contributed by atoms with Crippen LogP contribution in [0.2, 0.25) is 0 Å². The molecule has 0 bridgehead atoms. The summed E-state index contributed by atoms with van der Waals surface area (Å²) in [6.07, 6.45) is 1.38. The molecule has 1 aromatic heterocycles. The average molecular weight is 345 g/mol. The van der Waals surface area contributed by atoms with Crippen LogP contribution in [0.1, 0.15) is 36.7 Å². The Morgan fingerprint density at radius 2 is 1.88 bits per heavy atom. The van der Waals surface area contributed by atoms with Crippen molar-refractivity contribution in [3.05, 3.63) is 41.6 Å². The van der Waals surface area contributed by atoms with Crippen LogP contribution in [0.4, 0.5) is 5.82 Å². The van der Waals surface area contributed by atoms with E-state index in [2.05, 4.69) is 10.4 Å². The maximum absolute atomic E-state index is 12.8. The van der Waals surface area contributed by atoms with Gasteiger partial charge in [0.25, 0.3) is 0 Å². The number of methoxy groups -OCH3 is 1. The lowest BCUT2D eigenvalue weighted by Gasteiger charge is -2.24. The second-order valence-electron chi connectivity index (χ2n) is 6.06. The molecule has 0 unspecified atom stereocenters. The van der Waals surface area contributed by atoms with E-state index in [0.717, 1.165) is 11.3 Å². The fourth-order valence-electron chi connectivity index (χ4n) is 2.35. The minimum absolute atomic E-state index is 0.225. The van der Waals surface area contributed by atoms with E-state index >= 15 is 0 Å². The van der Waals surface area contributed by atoms with Crippen LogP contribution in [0.3, 0.4) is 0 Å². The van der Waals surface area contributed by atoms with Gasteiger partial charge in [0.1, 0.15) is 17.1 Å². The molecule has 0 spiro atoms. The van der Waals surface area contributed by atoms with Gasteiger partial charge in [0, 0.05) is 7.05 Å². The third-order valence-electron chi connectivity index (χ3n) is 4.05. The number of esters is 1. The minimum atomic E-state index is -0.817. The van der Waals surface area contributed by atoms with Crippen LogP contribution in [-0.2, 0) is 22.0 Å². The van der Waals surface area contributed by atoms with Gasteiger partial charge in [0.05, 0.1) is 25.3 Å². The molecular weight excluding hydrogens is 322 g/mol. The average Bonchev–Trinajstić information content (AvgIpc) is 2.96. The Balaban J connectivity index is 2.26. The van der Waals surface area contributed by atoms with E-state index in [1.54, 1.807) is 33.2 Å². The zero-order valence-corrected chi connectivity index (χ0v) is 15.1. The van der Waals surface area contributed by atoms with Crippen LogP contribution >= 0.6 is 0 Å². The summed E-state index contributed by atoms with van der Waals surface area (Å²) >= 11 is 0. The lowest BCUT2D eigenvalue weighted by Crippen LogP contribution is -2.35. The number of amides is 1. The first-order valence-corrected chi connectivity index (χ1v) is 7.96. The number of hydrogen-bond donors (Lipinski definition) is 1. The summed E-state index contributed by atoms with van der Waals surface area (Å²) in [6, 6.07) is 7.29. The molecule has 0 aliphatic carbocycles. The number of ether oxygens (including phenoxy) is 2. The molecule has 25 heavy (non-hydrogen) atoms. The Morgan fingerprint density at radius 3 is 2.44 bits per heavy atom. The third-order valence-corrected chi connectivity index (χ3v) is 4.05. The summed E-state index contributed by atoms with van der Waals surface area (Å²) in [6.45, 7) is 5.59. The number of hydrogen-bond acceptors (Lipinski definition) is 5. The van der Waals surface area contributed by atoms with Crippen molar-refractivity contribution in [2.45, 2.75) is 26.2 Å². The van der Waals surface area contributed by atoms with Crippen molar-refractivity contribution in [1.29, 1.82) is 0 Å². The van der Waals surface area contributed by atoms with E-state index in [-0.39, 0.29) is 18.1 Å². The largest absolute Gasteiger partial charge is 0.497 e. The lowest BCUT2D eigenvalue weighted by molar-refractivity contribution is -0.120. The van der Waals surface area contributed by atoms with Crippen molar-refractivity contribution in [1.82, 2.24) is 9.78 Å². The van der Waals surface area contributed by atoms with Gasteiger partial charge in [-0.3, -0.25) is 9.48 Å². The van der Waals surface area contributed by atoms with Gasteiger partial charge in [-0.05, 0) is 38.5 Å². The van der Waals surface area contributed by atoms with Crippen molar-refractivity contribution in [3.8, 4) is 5.75 Å². The summed E-state index contributed by atoms with van der Waals surface area (Å²) in [5, 5.41) is 6.83. The number of nitrogens with zero attached hydrogens (tertiary/aromatic N) is 2. The Labute approximate surface area is 146 Å². The molecule has 0 aliphatic rings. The molecule has 0 fully saturated rings. The molecule has 2 aromatic rings. The number of aryl methyl sites for hydroxylation is 1. The highest BCUT2D eigenvalue weighted by molar-refractivity contribution is 6.03. The van der Waals surface area contributed by atoms with E-state index in [1.165, 1.54) is 10.9 Å². The monoisotopic (exact) mass is 345 g/mol. The number of rotatable bonds is 6. The van der Waals surface area contributed by atoms with E-state index in [1.807, 2.05) is 26.0 Å². The number of carbonyl (C=O) groups excluding carboxylic acids is 2. The summed E-state index contributed by atoms with van der Waals surface area (Å²) in [5.41, 5.74) is 0.233. The smallest absolute Gasteiger partial charge is 0.343 e. The maximum atomic E-state index is 12.8. The first-order valence-electron chi connectivity index (χ1n) is 7.96. The van der Waals surface area contributed by atoms with Crippen LogP contribution in [0.15, 0.2) is 30.5 Å². The highest BCUT2D eigenvalue weighted by atomic mass is 16.5. The predicted octanol–water partition coefficient (Wildman–Crippen LogP) is 2.52. The Kier molecular flexibility index (Phi) is 5.46. The van der Waals surface area contributed by atoms with Crippen molar-refractivity contribution in [2.75, 3.05) is 19.0 Å². The topological polar surface area (TPSA) is 82.5 Å². The molecule has 0 aliphatic heterocycles. The third kappa shape index (κ3) is 3.81. The second kappa shape index (κ2) is 7.38. The molecule has 2 rings (SSSR count).